The Morgan fingerprint density at radius 1 is 1.43 bits per heavy atom. The van der Waals surface area contributed by atoms with Gasteiger partial charge < -0.3 is 5.11 Å². The summed E-state index contributed by atoms with van der Waals surface area (Å²) in [6, 6.07) is 3.80. The highest BCUT2D eigenvalue weighted by molar-refractivity contribution is 7.89. The van der Waals surface area contributed by atoms with Crippen molar-refractivity contribution in [1.82, 2.24) is 4.31 Å². The van der Waals surface area contributed by atoms with Crippen molar-refractivity contribution >= 4 is 21.7 Å². The molecule has 0 atom stereocenters. The summed E-state index contributed by atoms with van der Waals surface area (Å²) in [5.41, 5.74) is -0.248. The van der Waals surface area contributed by atoms with Crippen molar-refractivity contribution in [2.45, 2.75) is 25.2 Å². The smallest absolute Gasteiger partial charge is 0.304 e. The number of carboxylic acid groups (broad SMARTS) is 1. The van der Waals surface area contributed by atoms with Gasteiger partial charge >= 0.3 is 5.97 Å². The number of rotatable bonds is 7. The number of benzene rings is 1. The van der Waals surface area contributed by atoms with E-state index in [2.05, 4.69) is 0 Å². The molecule has 1 rings (SSSR count). The molecule has 0 bridgehead atoms. The van der Waals surface area contributed by atoms with Crippen LogP contribution in [0.15, 0.2) is 23.1 Å². The number of carboxylic acids is 1. The molecule has 0 aliphatic heterocycles. The molecule has 0 aliphatic carbocycles. The third-order valence-corrected chi connectivity index (χ3v) is 5.12. The molecule has 0 amide bonds. The number of carbonyl (C=O) groups is 1. The molecular weight excluding hydrogens is 300 g/mol. The van der Waals surface area contributed by atoms with E-state index < -0.39 is 20.9 Å². The molecular formula is C12H16N2O6S. The number of aliphatic carboxylic acids is 1. The zero-order valence-electron chi connectivity index (χ0n) is 11.6. The highest BCUT2D eigenvalue weighted by Crippen LogP contribution is 2.27. The predicted octanol–water partition coefficient (Wildman–Crippen LogP) is 1.39. The molecule has 8 nitrogen and oxygen atoms in total. The van der Waals surface area contributed by atoms with Crippen LogP contribution in [0.5, 0.6) is 0 Å². The summed E-state index contributed by atoms with van der Waals surface area (Å²) >= 11 is 0. The van der Waals surface area contributed by atoms with E-state index in [1.54, 1.807) is 6.92 Å². The second-order valence-corrected chi connectivity index (χ2v) is 6.20. The van der Waals surface area contributed by atoms with Gasteiger partial charge in [0.15, 0.2) is 0 Å². The molecule has 1 N–H and O–H groups in total. The summed E-state index contributed by atoms with van der Waals surface area (Å²) in [6.07, 6.45) is -0.332. The quantitative estimate of drug-likeness (QED) is 0.600. The molecule has 21 heavy (non-hydrogen) atoms. The van der Waals surface area contributed by atoms with E-state index in [1.807, 2.05) is 0 Å². The lowest BCUT2D eigenvalue weighted by Crippen LogP contribution is -2.33. The maximum Gasteiger partial charge on any atom is 0.304 e. The minimum Gasteiger partial charge on any atom is -0.481 e. The summed E-state index contributed by atoms with van der Waals surface area (Å²) in [7, 11) is -3.97. The van der Waals surface area contributed by atoms with Crippen molar-refractivity contribution in [2.75, 3.05) is 13.1 Å². The first-order chi connectivity index (χ1) is 9.71. The van der Waals surface area contributed by atoms with Gasteiger partial charge in [0, 0.05) is 24.7 Å². The minimum atomic E-state index is -3.97. The fraction of sp³-hybridized carbons (Fsp3) is 0.417. The normalized spacial score (nSPS) is 11.6. The molecule has 0 saturated heterocycles. The van der Waals surface area contributed by atoms with Gasteiger partial charge in [0.1, 0.15) is 0 Å². The van der Waals surface area contributed by atoms with E-state index in [-0.39, 0.29) is 35.7 Å². The van der Waals surface area contributed by atoms with E-state index in [0.29, 0.717) is 0 Å². The van der Waals surface area contributed by atoms with Crippen molar-refractivity contribution in [3.63, 3.8) is 0 Å². The Bertz CT molecular complexity index is 656. The van der Waals surface area contributed by atoms with Gasteiger partial charge in [0.25, 0.3) is 5.69 Å². The molecule has 0 spiro atoms. The summed E-state index contributed by atoms with van der Waals surface area (Å²) in [5, 5.41) is 19.5. The highest BCUT2D eigenvalue weighted by atomic mass is 32.2. The Labute approximate surface area is 122 Å². The van der Waals surface area contributed by atoms with Gasteiger partial charge in [-0.15, -0.1) is 0 Å². The first-order valence-electron chi connectivity index (χ1n) is 6.17. The van der Waals surface area contributed by atoms with Gasteiger partial charge in [-0.3, -0.25) is 14.9 Å². The summed E-state index contributed by atoms with van der Waals surface area (Å²) in [4.78, 5) is 20.6. The lowest BCUT2D eigenvalue weighted by atomic mass is 10.2. The van der Waals surface area contributed by atoms with Gasteiger partial charge in [-0.1, -0.05) is 13.0 Å². The molecule has 116 valence electrons. The molecule has 0 heterocycles. The van der Waals surface area contributed by atoms with Gasteiger partial charge in [-0.25, -0.2) is 8.42 Å². The van der Waals surface area contributed by atoms with Crippen LogP contribution < -0.4 is 0 Å². The second kappa shape index (κ2) is 6.64. The van der Waals surface area contributed by atoms with E-state index in [0.717, 1.165) is 4.31 Å². The van der Waals surface area contributed by atoms with E-state index in [9.17, 15) is 23.3 Å². The van der Waals surface area contributed by atoms with Gasteiger partial charge in [0.05, 0.1) is 16.2 Å². The SMILES string of the molecule is CCN(CCC(=O)O)S(=O)(=O)c1cccc([N+](=O)[O-])c1C. The van der Waals surface area contributed by atoms with E-state index >= 15 is 0 Å². The lowest BCUT2D eigenvalue weighted by Gasteiger charge is -2.20. The first kappa shape index (κ1) is 17.1. The van der Waals surface area contributed by atoms with Crippen LogP contribution in [-0.4, -0.2) is 41.8 Å². The third kappa shape index (κ3) is 3.76. The van der Waals surface area contributed by atoms with Gasteiger partial charge in [0.2, 0.25) is 10.0 Å². The van der Waals surface area contributed by atoms with Crippen LogP contribution in [0, 0.1) is 17.0 Å². The zero-order valence-corrected chi connectivity index (χ0v) is 12.5. The van der Waals surface area contributed by atoms with Crippen LogP contribution in [0.25, 0.3) is 0 Å². The molecule has 0 fully saturated rings. The monoisotopic (exact) mass is 316 g/mol. The highest BCUT2D eigenvalue weighted by Gasteiger charge is 2.28. The molecule has 1 aromatic carbocycles. The Balaban J connectivity index is 3.26. The van der Waals surface area contributed by atoms with Crippen LogP contribution >= 0.6 is 0 Å². The first-order valence-corrected chi connectivity index (χ1v) is 7.61. The number of hydrogen-bond acceptors (Lipinski definition) is 5. The van der Waals surface area contributed by atoms with Crippen molar-refractivity contribution in [3.05, 3.63) is 33.9 Å². The molecule has 0 unspecified atom stereocenters. The topological polar surface area (TPSA) is 118 Å². The largest absolute Gasteiger partial charge is 0.481 e. The van der Waals surface area contributed by atoms with Crippen LogP contribution in [0.3, 0.4) is 0 Å². The fourth-order valence-corrected chi connectivity index (χ4v) is 3.58. The zero-order chi connectivity index (χ0) is 16.2. The summed E-state index contributed by atoms with van der Waals surface area (Å²) in [6.45, 7) is 2.83. The summed E-state index contributed by atoms with van der Waals surface area (Å²) < 4.78 is 26.0. The van der Waals surface area contributed by atoms with Crippen LogP contribution in [0.1, 0.15) is 18.9 Å². The fourth-order valence-electron chi connectivity index (χ4n) is 1.89. The maximum absolute atomic E-state index is 12.5. The minimum absolute atomic E-state index is 0.0382. The Hall–Kier alpha value is -2.00. The number of sulfonamides is 1. The Kier molecular flexibility index (Phi) is 5.39. The lowest BCUT2D eigenvalue weighted by molar-refractivity contribution is -0.385. The van der Waals surface area contributed by atoms with Crippen molar-refractivity contribution in [3.8, 4) is 0 Å². The molecule has 0 aliphatic rings. The van der Waals surface area contributed by atoms with Crippen molar-refractivity contribution < 1.29 is 23.2 Å². The molecule has 1 aromatic rings. The Morgan fingerprint density at radius 2 is 2.05 bits per heavy atom. The van der Waals surface area contributed by atoms with Crippen LogP contribution in [0.4, 0.5) is 5.69 Å². The number of hydrogen-bond donors (Lipinski definition) is 1. The molecule has 9 heteroatoms. The van der Waals surface area contributed by atoms with Crippen LogP contribution in [0.2, 0.25) is 0 Å². The Morgan fingerprint density at radius 3 is 2.52 bits per heavy atom. The number of nitro benzene ring substituents is 1. The average molecular weight is 316 g/mol. The van der Waals surface area contributed by atoms with Gasteiger partial charge in [-0.2, -0.15) is 4.31 Å². The maximum atomic E-state index is 12.5. The van der Waals surface area contributed by atoms with E-state index in [4.69, 9.17) is 5.11 Å². The van der Waals surface area contributed by atoms with Crippen molar-refractivity contribution in [1.29, 1.82) is 0 Å². The molecule has 0 saturated carbocycles. The van der Waals surface area contributed by atoms with Crippen molar-refractivity contribution in [2.24, 2.45) is 0 Å². The van der Waals surface area contributed by atoms with Gasteiger partial charge in [-0.05, 0) is 13.0 Å². The average Bonchev–Trinajstić information content (AvgIpc) is 2.38. The third-order valence-electron chi connectivity index (χ3n) is 3.00. The predicted molar refractivity (Wildman–Crippen MR) is 74.5 cm³/mol. The molecule has 0 aromatic heterocycles. The number of nitrogens with zero attached hydrogens (tertiary/aromatic N) is 2. The molecule has 0 radical (unpaired) electrons. The van der Waals surface area contributed by atoms with E-state index in [1.165, 1.54) is 25.1 Å². The second-order valence-electron chi connectivity index (χ2n) is 4.30. The standard InChI is InChI=1S/C12H16N2O6S/c1-3-13(8-7-12(15)16)21(19,20)11-6-4-5-10(9(11)2)14(17)18/h4-6H,3,7-8H2,1-2H3,(H,15,16). The number of nitro groups is 1. The van der Waals surface area contributed by atoms with Crippen LogP contribution in [-0.2, 0) is 14.8 Å². The summed E-state index contributed by atoms with van der Waals surface area (Å²) in [5.74, 6) is -1.11.